The first-order valence-corrected chi connectivity index (χ1v) is 8.72. The fourth-order valence-corrected chi connectivity index (χ4v) is 3.20. The van der Waals surface area contributed by atoms with Gasteiger partial charge in [0.25, 0.3) is 5.91 Å². The molecule has 3 rings (SSSR count). The van der Waals surface area contributed by atoms with Crippen molar-refractivity contribution in [3.8, 4) is 5.75 Å². The molecule has 1 aliphatic rings. The van der Waals surface area contributed by atoms with Crippen LogP contribution < -0.4 is 15.8 Å². The Morgan fingerprint density at radius 2 is 1.88 bits per heavy atom. The third kappa shape index (κ3) is 4.44. The van der Waals surface area contributed by atoms with Crippen molar-refractivity contribution in [2.24, 2.45) is 0 Å². The van der Waals surface area contributed by atoms with E-state index in [4.69, 9.17) is 22.1 Å². The van der Waals surface area contributed by atoms with Crippen LogP contribution in [0, 0.1) is 0 Å². The molecule has 5 nitrogen and oxygen atoms in total. The van der Waals surface area contributed by atoms with Gasteiger partial charge in [0.15, 0.2) is 0 Å². The van der Waals surface area contributed by atoms with E-state index < -0.39 is 6.10 Å². The number of aliphatic hydroxyl groups excluding tert-OH is 1. The molecule has 1 saturated carbocycles. The van der Waals surface area contributed by atoms with Crippen molar-refractivity contribution in [1.82, 2.24) is 0 Å². The minimum Gasteiger partial charge on any atom is -0.488 e. The molecule has 0 spiro atoms. The molecule has 2 aromatic rings. The van der Waals surface area contributed by atoms with Crippen molar-refractivity contribution in [2.75, 3.05) is 11.1 Å². The van der Waals surface area contributed by atoms with Gasteiger partial charge in [-0.15, -0.1) is 0 Å². The van der Waals surface area contributed by atoms with E-state index in [1.165, 1.54) is 0 Å². The summed E-state index contributed by atoms with van der Waals surface area (Å²) in [6.45, 7) is 0. The van der Waals surface area contributed by atoms with Gasteiger partial charge in [-0.1, -0.05) is 18.0 Å². The van der Waals surface area contributed by atoms with Crippen LogP contribution in [0.2, 0.25) is 5.02 Å². The summed E-state index contributed by atoms with van der Waals surface area (Å²) in [7, 11) is 0. The first-order valence-electron chi connectivity index (χ1n) is 8.34. The quantitative estimate of drug-likeness (QED) is 0.723. The standard InChI is InChI=1S/C19H21ClN2O3/c20-16-11-12(21)5-10-15(16)19(24)22-13-6-8-14(9-7-13)25-18-4-2-1-3-17(18)23/h5-11,17-18,23H,1-4,21H2,(H,22,24). The number of hydrogen-bond donors (Lipinski definition) is 3. The SMILES string of the molecule is Nc1ccc(C(=O)Nc2ccc(OC3CCCCC3O)cc2)c(Cl)c1. The first kappa shape index (κ1) is 17.6. The largest absolute Gasteiger partial charge is 0.488 e. The number of ether oxygens (including phenoxy) is 1. The summed E-state index contributed by atoms with van der Waals surface area (Å²) in [4.78, 5) is 12.3. The van der Waals surface area contributed by atoms with Crippen LogP contribution in [0.3, 0.4) is 0 Å². The van der Waals surface area contributed by atoms with Crippen LogP contribution in [-0.2, 0) is 0 Å². The predicted octanol–water partition coefficient (Wildman–Crippen LogP) is 3.86. The number of anilines is 2. The molecule has 0 aliphatic heterocycles. The topological polar surface area (TPSA) is 84.6 Å². The van der Waals surface area contributed by atoms with Crippen LogP contribution >= 0.6 is 11.6 Å². The Labute approximate surface area is 151 Å². The molecule has 1 aliphatic carbocycles. The van der Waals surface area contributed by atoms with E-state index in [0.29, 0.717) is 27.7 Å². The second kappa shape index (κ2) is 7.76. The van der Waals surface area contributed by atoms with E-state index in [1.807, 2.05) is 0 Å². The molecule has 0 saturated heterocycles. The van der Waals surface area contributed by atoms with Gasteiger partial charge in [-0.2, -0.15) is 0 Å². The van der Waals surface area contributed by atoms with E-state index in [2.05, 4.69) is 5.32 Å². The average molecular weight is 361 g/mol. The summed E-state index contributed by atoms with van der Waals surface area (Å²) in [6, 6.07) is 11.8. The smallest absolute Gasteiger partial charge is 0.257 e. The van der Waals surface area contributed by atoms with Crippen LogP contribution in [-0.4, -0.2) is 23.2 Å². The summed E-state index contributed by atoms with van der Waals surface area (Å²) in [5, 5.41) is 13.1. The van der Waals surface area contributed by atoms with Crippen molar-refractivity contribution in [1.29, 1.82) is 0 Å². The van der Waals surface area contributed by atoms with Gasteiger partial charge >= 0.3 is 0 Å². The Balaban J connectivity index is 1.63. The lowest BCUT2D eigenvalue weighted by Gasteiger charge is -2.28. The summed E-state index contributed by atoms with van der Waals surface area (Å²) in [5.74, 6) is 0.371. The van der Waals surface area contributed by atoms with Gasteiger partial charge in [-0.3, -0.25) is 4.79 Å². The van der Waals surface area contributed by atoms with Crippen molar-refractivity contribution in [3.05, 3.63) is 53.1 Å². The highest BCUT2D eigenvalue weighted by Gasteiger charge is 2.24. The fourth-order valence-electron chi connectivity index (χ4n) is 2.92. The summed E-state index contributed by atoms with van der Waals surface area (Å²) in [6.07, 6.45) is 3.16. The zero-order valence-electron chi connectivity index (χ0n) is 13.7. The number of nitrogen functional groups attached to an aromatic ring is 1. The van der Waals surface area contributed by atoms with Crippen molar-refractivity contribution in [3.63, 3.8) is 0 Å². The Bertz CT molecular complexity index is 749. The Hall–Kier alpha value is -2.24. The number of hydrogen-bond acceptors (Lipinski definition) is 4. The number of aliphatic hydroxyl groups is 1. The van der Waals surface area contributed by atoms with Crippen molar-refractivity contribution in [2.45, 2.75) is 37.9 Å². The highest BCUT2D eigenvalue weighted by molar-refractivity contribution is 6.34. The van der Waals surface area contributed by atoms with Crippen LogP contribution in [0.1, 0.15) is 36.0 Å². The molecular formula is C19H21ClN2O3. The third-order valence-electron chi connectivity index (χ3n) is 4.31. The van der Waals surface area contributed by atoms with Gasteiger partial charge in [0.1, 0.15) is 11.9 Å². The Morgan fingerprint density at radius 3 is 2.56 bits per heavy atom. The number of nitrogens with one attached hydrogen (secondary N) is 1. The van der Waals surface area contributed by atoms with Gasteiger partial charge in [0, 0.05) is 11.4 Å². The molecule has 0 heterocycles. The molecular weight excluding hydrogens is 340 g/mol. The lowest BCUT2D eigenvalue weighted by atomic mass is 9.95. The maximum Gasteiger partial charge on any atom is 0.257 e. The highest BCUT2D eigenvalue weighted by Crippen LogP contribution is 2.25. The van der Waals surface area contributed by atoms with Crippen LogP contribution in [0.15, 0.2) is 42.5 Å². The lowest BCUT2D eigenvalue weighted by Crippen LogP contribution is -2.34. The molecule has 6 heteroatoms. The van der Waals surface area contributed by atoms with Gasteiger partial charge in [0.05, 0.1) is 16.7 Å². The van der Waals surface area contributed by atoms with Crippen molar-refractivity contribution < 1.29 is 14.6 Å². The summed E-state index contributed by atoms with van der Waals surface area (Å²) < 4.78 is 5.85. The van der Waals surface area contributed by atoms with Gasteiger partial charge in [0.2, 0.25) is 0 Å². The van der Waals surface area contributed by atoms with E-state index in [9.17, 15) is 9.90 Å². The first-order chi connectivity index (χ1) is 12.0. The molecule has 0 bridgehead atoms. The maximum absolute atomic E-state index is 12.3. The minimum absolute atomic E-state index is 0.164. The normalized spacial score (nSPS) is 20.1. The molecule has 2 aromatic carbocycles. The van der Waals surface area contributed by atoms with E-state index in [1.54, 1.807) is 42.5 Å². The molecule has 25 heavy (non-hydrogen) atoms. The number of amides is 1. The van der Waals surface area contributed by atoms with Crippen LogP contribution in [0.25, 0.3) is 0 Å². The van der Waals surface area contributed by atoms with Crippen LogP contribution in [0.4, 0.5) is 11.4 Å². The van der Waals surface area contributed by atoms with E-state index in [-0.39, 0.29) is 12.0 Å². The van der Waals surface area contributed by atoms with Crippen LogP contribution in [0.5, 0.6) is 5.75 Å². The highest BCUT2D eigenvalue weighted by atomic mass is 35.5. The number of carbonyl (C=O) groups excluding carboxylic acids is 1. The molecule has 4 N–H and O–H groups in total. The molecule has 132 valence electrons. The number of rotatable bonds is 4. The Kier molecular flexibility index (Phi) is 5.46. The monoisotopic (exact) mass is 360 g/mol. The zero-order chi connectivity index (χ0) is 17.8. The minimum atomic E-state index is -0.416. The third-order valence-corrected chi connectivity index (χ3v) is 4.62. The number of nitrogens with two attached hydrogens (primary N) is 1. The molecule has 1 amide bonds. The van der Waals surface area contributed by atoms with Gasteiger partial charge in [-0.05, 0) is 61.7 Å². The summed E-state index contributed by atoms with van der Waals surface area (Å²) >= 11 is 6.05. The predicted molar refractivity (Wildman–Crippen MR) is 99.2 cm³/mol. The second-order valence-corrected chi connectivity index (χ2v) is 6.63. The maximum atomic E-state index is 12.3. The zero-order valence-corrected chi connectivity index (χ0v) is 14.5. The average Bonchev–Trinajstić information content (AvgIpc) is 2.58. The van der Waals surface area contributed by atoms with Gasteiger partial charge < -0.3 is 20.9 Å². The molecule has 2 atom stereocenters. The Morgan fingerprint density at radius 1 is 1.16 bits per heavy atom. The number of halogens is 1. The summed E-state index contributed by atoms with van der Waals surface area (Å²) in [5.41, 5.74) is 7.14. The molecule has 0 radical (unpaired) electrons. The molecule has 0 aromatic heterocycles. The fraction of sp³-hybridized carbons (Fsp3) is 0.316. The number of benzene rings is 2. The number of carbonyl (C=O) groups is 1. The van der Waals surface area contributed by atoms with E-state index in [0.717, 1.165) is 25.7 Å². The molecule has 1 fully saturated rings. The lowest BCUT2D eigenvalue weighted by molar-refractivity contribution is 0.00688. The van der Waals surface area contributed by atoms with Crippen molar-refractivity contribution >= 4 is 28.9 Å². The molecule has 2 unspecified atom stereocenters. The second-order valence-electron chi connectivity index (χ2n) is 6.23. The van der Waals surface area contributed by atoms with E-state index >= 15 is 0 Å². The van der Waals surface area contributed by atoms with Gasteiger partial charge in [-0.25, -0.2) is 0 Å².